The third-order valence-corrected chi connectivity index (χ3v) is 7.98. The van der Waals surface area contributed by atoms with E-state index in [4.69, 9.17) is 14.5 Å². The molecule has 2 aliphatic rings. The van der Waals surface area contributed by atoms with E-state index in [0.29, 0.717) is 11.5 Å². The van der Waals surface area contributed by atoms with Crippen molar-refractivity contribution < 1.29 is 14.3 Å². The predicted octanol–water partition coefficient (Wildman–Crippen LogP) is 5.68. The highest BCUT2D eigenvalue weighted by Gasteiger charge is 2.30. The zero-order valence-corrected chi connectivity index (χ0v) is 18.4. The van der Waals surface area contributed by atoms with Crippen molar-refractivity contribution in [2.75, 3.05) is 11.9 Å². The fourth-order valence-electron chi connectivity index (χ4n) is 4.20. The number of fused-ring (bicyclic) bond motifs is 3. The normalized spacial score (nSPS) is 17.4. The van der Waals surface area contributed by atoms with E-state index in [2.05, 4.69) is 11.4 Å². The van der Waals surface area contributed by atoms with Gasteiger partial charge in [0.05, 0.1) is 10.2 Å². The zero-order chi connectivity index (χ0) is 20.8. The first-order valence-corrected chi connectivity index (χ1v) is 12.1. The Morgan fingerprint density at radius 1 is 1.00 bits per heavy atom. The SMILES string of the molecule is O=C(Nc1sc2c(c1-c1nc3ccccc3s1)CCCC2)[C@H]1COc2ccccc2O1. The van der Waals surface area contributed by atoms with Gasteiger partial charge in [0.15, 0.2) is 11.5 Å². The number of hydrogen-bond donors (Lipinski definition) is 1. The molecule has 2 aromatic heterocycles. The minimum absolute atomic E-state index is 0.185. The topological polar surface area (TPSA) is 60.5 Å². The molecule has 2 aromatic carbocycles. The Morgan fingerprint density at radius 2 is 1.81 bits per heavy atom. The first-order chi connectivity index (χ1) is 15.3. The zero-order valence-electron chi connectivity index (χ0n) is 16.7. The Hall–Kier alpha value is -2.90. The third kappa shape index (κ3) is 3.38. The number of aromatic nitrogens is 1. The molecule has 0 bridgehead atoms. The van der Waals surface area contributed by atoms with Crippen LogP contribution >= 0.6 is 22.7 Å². The van der Waals surface area contributed by atoms with E-state index in [9.17, 15) is 4.79 Å². The van der Waals surface area contributed by atoms with Crippen LogP contribution in [0.3, 0.4) is 0 Å². The van der Waals surface area contributed by atoms with Crippen LogP contribution in [-0.2, 0) is 17.6 Å². The number of benzene rings is 2. The van der Waals surface area contributed by atoms with Gasteiger partial charge in [-0.15, -0.1) is 22.7 Å². The van der Waals surface area contributed by atoms with Crippen molar-refractivity contribution in [2.45, 2.75) is 31.8 Å². The summed E-state index contributed by atoms with van der Waals surface area (Å²) in [7, 11) is 0. The molecular weight excluding hydrogens is 428 g/mol. The van der Waals surface area contributed by atoms with Gasteiger partial charge in [-0.05, 0) is 55.5 Å². The number of hydrogen-bond acceptors (Lipinski definition) is 6. The second kappa shape index (κ2) is 7.66. The molecule has 1 atom stereocenters. The van der Waals surface area contributed by atoms with Gasteiger partial charge in [0.2, 0.25) is 6.10 Å². The molecule has 1 aliphatic carbocycles. The summed E-state index contributed by atoms with van der Waals surface area (Å²) >= 11 is 3.37. The number of anilines is 1. The number of amides is 1. The number of thiazole rings is 1. The highest BCUT2D eigenvalue weighted by Crippen LogP contribution is 2.46. The van der Waals surface area contributed by atoms with Gasteiger partial charge in [-0.1, -0.05) is 24.3 Å². The molecule has 0 unspecified atom stereocenters. The molecule has 0 saturated carbocycles. The monoisotopic (exact) mass is 448 g/mol. The molecule has 0 radical (unpaired) electrons. The molecule has 0 spiro atoms. The lowest BCUT2D eigenvalue weighted by Crippen LogP contribution is -2.40. The average Bonchev–Trinajstić information content (AvgIpc) is 3.39. The van der Waals surface area contributed by atoms with Crippen LogP contribution in [0.25, 0.3) is 20.8 Å². The van der Waals surface area contributed by atoms with Crippen molar-refractivity contribution in [2.24, 2.45) is 0 Å². The Kier molecular flexibility index (Phi) is 4.65. The van der Waals surface area contributed by atoms with E-state index in [1.807, 2.05) is 42.5 Å². The lowest BCUT2D eigenvalue weighted by Gasteiger charge is -2.25. The molecule has 5 nitrogen and oxygen atoms in total. The summed E-state index contributed by atoms with van der Waals surface area (Å²) < 4.78 is 12.8. The van der Waals surface area contributed by atoms with Crippen molar-refractivity contribution in [3.8, 4) is 22.1 Å². The van der Waals surface area contributed by atoms with Gasteiger partial charge in [0.25, 0.3) is 5.91 Å². The highest BCUT2D eigenvalue weighted by atomic mass is 32.1. The summed E-state index contributed by atoms with van der Waals surface area (Å²) in [6.07, 6.45) is 3.77. The number of carbonyl (C=O) groups excluding carboxylic acids is 1. The van der Waals surface area contributed by atoms with E-state index in [1.54, 1.807) is 22.7 Å². The Balaban J connectivity index is 1.35. The molecule has 7 heteroatoms. The molecule has 3 heterocycles. The van der Waals surface area contributed by atoms with Gasteiger partial charge in [-0.2, -0.15) is 0 Å². The predicted molar refractivity (Wildman–Crippen MR) is 125 cm³/mol. The van der Waals surface area contributed by atoms with Crippen LogP contribution < -0.4 is 14.8 Å². The molecule has 1 amide bonds. The summed E-state index contributed by atoms with van der Waals surface area (Å²) in [6.45, 7) is 0.199. The number of aryl methyl sites for hydroxylation is 1. The lowest BCUT2D eigenvalue weighted by atomic mass is 9.95. The summed E-state index contributed by atoms with van der Waals surface area (Å²) in [5.41, 5.74) is 3.43. The van der Waals surface area contributed by atoms with Gasteiger partial charge in [0.1, 0.15) is 16.6 Å². The number of ether oxygens (including phenoxy) is 2. The first-order valence-electron chi connectivity index (χ1n) is 10.5. The van der Waals surface area contributed by atoms with Crippen molar-refractivity contribution in [3.05, 3.63) is 59.0 Å². The fourth-order valence-corrected chi connectivity index (χ4v) is 6.60. The molecule has 6 rings (SSSR count). The molecule has 1 aliphatic heterocycles. The van der Waals surface area contributed by atoms with Crippen molar-refractivity contribution in [1.82, 2.24) is 4.98 Å². The maximum absolute atomic E-state index is 13.1. The van der Waals surface area contributed by atoms with Crippen LogP contribution in [0.4, 0.5) is 5.00 Å². The van der Waals surface area contributed by atoms with Crippen molar-refractivity contribution >= 4 is 43.8 Å². The minimum Gasteiger partial charge on any atom is -0.485 e. The fraction of sp³-hybridized carbons (Fsp3) is 0.250. The van der Waals surface area contributed by atoms with Gasteiger partial charge in [0, 0.05) is 10.4 Å². The number of nitrogens with one attached hydrogen (secondary N) is 1. The van der Waals surface area contributed by atoms with Crippen molar-refractivity contribution in [1.29, 1.82) is 0 Å². The van der Waals surface area contributed by atoms with Gasteiger partial charge in [-0.3, -0.25) is 4.79 Å². The van der Waals surface area contributed by atoms with Crippen LogP contribution in [0.15, 0.2) is 48.5 Å². The highest BCUT2D eigenvalue weighted by molar-refractivity contribution is 7.22. The lowest BCUT2D eigenvalue weighted by molar-refractivity contribution is -0.125. The van der Waals surface area contributed by atoms with Gasteiger partial charge < -0.3 is 14.8 Å². The van der Waals surface area contributed by atoms with Crippen LogP contribution in [0.5, 0.6) is 11.5 Å². The van der Waals surface area contributed by atoms with Gasteiger partial charge in [-0.25, -0.2) is 4.98 Å². The summed E-state index contributed by atoms with van der Waals surface area (Å²) in [6, 6.07) is 15.6. The van der Waals surface area contributed by atoms with E-state index in [-0.39, 0.29) is 12.5 Å². The van der Waals surface area contributed by atoms with Crippen LogP contribution in [-0.4, -0.2) is 23.6 Å². The molecule has 0 saturated heterocycles. The maximum atomic E-state index is 13.1. The van der Waals surface area contributed by atoms with Crippen molar-refractivity contribution in [3.63, 3.8) is 0 Å². The summed E-state index contributed by atoms with van der Waals surface area (Å²) in [5.74, 6) is 1.09. The summed E-state index contributed by atoms with van der Waals surface area (Å²) in [5, 5.41) is 5.00. The third-order valence-electron chi connectivity index (χ3n) is 5.72. The second-order valence-corrected chi connectivity index (χ2v) is 9.89. The molecule has 31 heavy (non-hydrogen) atoms. The Morgan fingerprint density at radius 3 is 2.71 bits per heavy atom. The van der Waals surface area contributed by atoms with E-state index in [0.717, 1.165) is 38.6 Å². The average molecular weight is 449 g/mol. The number of para-hydroxylation sites is 3. The Labute approximate surface area is 187 Å². The van der Waals surface area contributed by atoms with E-state index < -0.39 is 6.10 Å². The molecular formula is C24H20N2O3S2. The van der Waals surface area contributed by atoms with E-state index >= 15 is 0 Å². The standard InChI is InChI=1S/C24H20N2O3S2/c27-22(18-13-28-16-9-3-4-10-17(16)29-18)26-24-21(14-7-1-5-11-19(14)30-24)23-25-15-8-2-6-12-20(15)31-23/h2-4,6,8-10,12,18H,1,5,7,11,13H2,(H,26,27)/t18-/m1/s1. The van der Waals surface area contributed by atoms with Crippen LogP contribution in [0, 0.1) is 0 Å². The van der Waals surface area contributed by atoms with Crippen LogP contribution in [0.2, 0.25) is 0 Å². The van der Waals surface area contributed by atoms with Crippen LogP contribution in [0.1, 0.15) is 23.3 Å². The number of rotatable bonds is 3. The molecule has 4 aromatic rings. The molecule has 156 valence electrons. The number of nitrogens with zero attached hydrogens (tertiary/aromatic N) is 1. The second-order valence-electron chi connectivity index (χ2n) is 7.76. The largest absolute Gasteiger partial charge is 0.485 e. The Bertz CT molecular complexity index is 1260. The smallest absolute Gasteiger partial charge is 0.269 e. The quantitative estimate of drug-likeness (QED) is 0.438. The van der Waals surface area contributed by atoms with E-state index in [1.165, 1.54) is 23.3 Å². The number of carbonyl (C=O) groups is 1. The molecule has 0 fully saturated rings. The minimum atomic E-state index is -0.683. The summed E-state index contributed by atoms with van der Waals surface area (Å²) in [4.78, 5) is 19.4. The molecule has 1 N–H and O–H groups in total. The first kappa shape index (κ1) is 18.8. The maximum Gasteiger partial charge on any atom is 0.269 e. The number of thiophene rings is 1. The van der Waals surface area contributed by atoms with Gasteiger partial charge >= 0.3 is 0 Å².